The monoisotopic (exact) mass is 262 g/mol. The van der Waals surface area contributed by atoms with Gasteiger partial charge in [0.1, 0.15) is 5.82 Å². The van der Waals surface area contributed by atoms with Gasteiger partial charge < -0.3 is 10.3 Å². The van der Waals surface area contributed by atoms with Crippen molar-refractivity contribution in [2.24, 2.45) is 11.8 Å². The molecule has 1 heterocycles. The van der Waals surface area contributed by atoms with Gasteiger partial charge in [-0.3, -0.25) is 4.79 Å². The van der Waals surface area contributed by atoms with Crippen LogP contribution < -0.4 is 11.3 Å². The summed E-state index contributed by atoms with van der Waals surface area (Å²) in [6, 6.07) is 3.58. The molecule has 5 heteroatoms. The Labute approximate surface area is 114 Å². The van der Waals surface area contributed by atoms with Crippen LogP contribution in [-0.4, -0.2) is 28.9 Å². The van der Waals surface area contributed by atoms with Crippen LogP contribution >= 0.6 is 0 Å². The van der Waals surface area contributed by atoms with Crippen molar-refractivity contribution >= 4 is 11.7 Å². The molecule has 104 valence electrons. The zero-order chi connectivity index (χ0) is 13.8. The van der Waals surface area contributed by atoms with Crippen molar-refractivity contribution in [3.05, 3.63) is 23.4 Å². The van der Waals surface area contributed by atoms with E-state index in [1.807, 2.05) is 24.8 Å². The number of nitrogens with two attached hydrogens (primary N) is 1. The predicted octanol–water partition coefficient (Wildman–Crippen LogP) is 1.80. The lowest BCUT2D eigenvalue weighted by Crippen LogP contribution is -2.33. The summed E-state index contributed by atoms with van der Waals surface area (Å²) >= 11 is 0. The van der Waals surface area contributed by atoms with Crippen molar-refractivity contribution in [2.45, 2.75) is 33.1 Å². The maximum atomic E-state index is 12.5. The molecule has 5 nitrogen and oxygen atoms in total. The Balaban J connectivity index is 2.20. The average Bonchev–Trinajstić information content (AvgIpc) is 3.27. The van der Waals surface area contributed by atoms with Gasteiger partial charge in [0, 0.05) is 24.3 Å². The molecule has 0 spiro atoms. The Bertz CT molecular complexity index is 435. The summed E-state index contributed by atoms with van der Waals surface area (Å²) in [6.07, 6.45) is 3.27. The van der Waals surface area contributed by atoms with Gasteiger partial charge >= 0.3 is 0 Å². The fourth-order valence-corrected chi connectivity index (χ4v) is 2.12. The first-order valence-electron chi connectivity index (χ1n) is 6.94. The minimum Gasteiger partial charge on any atom is -0.339 e. The molecular weight excluding hydrogens is 240 g/mol. The Hall–Kier alpha value is -1.62. The third-order valence-corrected chi connectivity index (χ3v) is 3.48. The zero-order valence-electron chi connectivity index (χ0n) is 11.6. The summed E-state index contributed by atoms with van der Waals surface area (Å²) in [7, 11) is 0. The number of aromatic nitrogens is 1. The number of hydrogen-bond acceptors (Lipinski definition) is 4. The molecule has 0 aliphatic heterocycles. The number of carbonyl (C=O) groups excluding carboxylic acids is 1. The van der Waals surface area contributed by atoms with E-state index in [4.69, 9.17) is 5.84 Å². The molecule has 3 N–H and O–H groups in total. The summed E-state index contributed by atoms with van der Waals surface area (Å²) < 4.78 is 0. The molecule has 1 aromatic heterocycles. The van der Waals surface area contributed by atoms with E-state index >= 15 is 0 Å². The highest BCUT2D eigenvalue weighted by Gasteiger charge is 2.26. The SMILES string of the molecule is CCc1cc(C(=O)N(CC)CC2CC2)cc(NN)n1. The van der Waals surface area contributed by atoms with E-state index in [9.17, 15) is 4.79 Å². The number of aryl methyl sites for hydroxylation is 1. The topological polar surface area (TPSA) is 71.2 Å². The van der Waals surface area contributed by atoms with Gasteiger partial charge in [-0.05, 0) is 44.2 Å². The van der Waals surface area contributed by atoms with Crippen molar-refractivity contribution in [3.63, 3.8) is 0 Å². The fourth-order valence-electron chi connectivity index (χ4n) is 2.12. The number of amides is 1. The third kappa shape index (κ3) is 3.44. The lowest BCUT2D eigenvalue weighted by Gasteiger charge is -2.21. The minimum atomic E-state index is 0.0722. The molecule has 1 saturated carbocycles. The van der Waals surface area contributed by atoms with Crippen molar-refractivity contribution in [3.8, 4) is 0 Å². The number of nitrogens with zero attached hydrogens (tertiary/aromatic N) is 2. The number of nitrogen functional groups attached to an aromatic ring is 1. The number of rotatable bonds is 6. The third-order valence-electron chi connectivity index (χ3n) is 3.48. The van der Waals surface area contributed by atoms with Crippen LogP contribution in [0.4, 0.5) is 5.82 Å². The molecule has 0 unspecified atom stereocenters. The highest BCUT2D eigenvalue weighted by atomic mass is 16.2. The van der Waals surface area contributed by atoms with E-state index in [1.165, 1.54) is 12.8 Å². The number of carbonyl (C=O) groups is 1. The molecule has 0 bridgehead atoms. The summed E-state index contributed by atoms with van der Waals surface area (Å²) in [5.41, 5.74) is 4.07. The van der Waals surface area contributed by atoms with Gasteiger partial charge in [-0.15, -0.1) is 0 Å². The number of anilines is 1. The van der Waals surface area contributed by atoms with E-state index in [2.05, 4.69) is 10.4 Å². The van der Waals surface area contributed by atoms with Crippen LogP contribution in [0, 0.1) is 5.92 Å². The van der Waals surface area contributed by atoms with Crippen LogP contribution in [0.25, 0.3) is 0 Å². The fraction of sp³-hybridized carbons (Fsp3) is 0.571. The summed E-state index contributed by atoms with van der Waals surface area (Å²) in [5.74, 6) is 6.72. The van der Waals surface area contributed by atoms with E-state index in [-0.39, 0.29) is 5.91 Å². The molecule has 0 atom stereocenters. The normalized spacial score (nSPS) is 14.3. The summed E-state index contributed by atoms with van der Waals surface area (Å²) in [4.78, 5) is 18.7. The van der Waals surface area contributed by atoms with Crippen LogP contribution in [0.2, 0.25) is 0 Å². The molecule has 0 aromatic carbocycles. The van der Waals surface area contributed by atoms with Gasteiger partial charge in [0.25, 0.3) is 5.91 Å². The molecule has 1 amide bonds. The highest BCUT2D eigenvalue weighted by molar-refractivity contribution is 5.95. The Morgan fingerprint density at radius 1 is 1.47 bits per heavy atom. The number of hydrogen-bond donors (Lipinski definition) is 2. The number of pyridine rings is 1. The Morgan fingerprint density at radius 2 is 2.21 bits per heavy atom. The van der Waals surface area contributed by atoms with Crippen molar-refractivity contribution in [1.82, 2.24) is 9.88 Å². The smallest absolute Gasteiger partial charge is 0.254 e. The van der Waals surface area contributed by atoms with Crippen LogP contribution in [0.5, 0.6) is 0 Å². The van der Waals surface area contributed by atoms with Crippen molar-refractivity contribution in [2.75, 3.05) is 18.5 Å². The maximum absolute atomic E-state index is 12.5. The molecular formula is C14H22N4O. The first-order valence-corrected chi connectivity index (χ1v) is 6.94. The molecule has 1 aliphatic carbocycles. The maximum Gasteiger partial charge on any atom is 0.254 e. The first kappa shape index (κ1) is 13.8. The predicted molar refractivity (Wildman–Crippen MR) is 75.7 cm³/mol. The number of hydrazine groups is 1. The summed E-state index contributed by atoms with van der Waals surface area (Å²) in [6.45, 7) is 5.64. The first-order chi connectivity index (χ1) is 9.17. The largest absolute Gasteiger partial charge is 0.339 e. The summed E-state index contributed by atoms with van der Waals surface area (Å²) in [5, 5.41) is 0. The van der Waals surface area contributed by atoms with Crippen molar-refractivity contribution in [1.29, 1.82) is 0 Å². The Morgan fingerprint density at radius 3 is 2.74 bits per heavy atom. The van der Waals surface area contributed by atoms with E-state index < -0.39 is 0 Å². The van der Waals surface area contributed by atoms with Gasteiger partial charge in [-0.25, -0.2) is 10.8 Å². The van der Waals surface area contributed by atoms with E-state index in [1.54, 1.807) is 6.07 Å². The Kier molecular flexibility index (Phi) is 4.37. The average molecular weight is 262 g/mol. The lowest BCUT2D eigenvalue weighted by atomic mass is 10.1. The lowest BCUT2D eigenvalue weighted by molar-refractivity contribution is 0.0756. The standard InChI is InChI=1S/C14H22N4O/c1-3-12-7-11(8-13(16-12)17-15)14(19)18(4-2)9-10-5-6-10/h7-8,10H,3-6,9,15H2,1-2H3,(H,16,17). The second kappa shape index (κ2) is 6.02. The quantitative estimate of drug-likeness (QED) is 0.606. The van der Waals surface area contributed by atoms with Crippen LogP contribution in [0.3, 0.4) is 0 Å². The molecule has 1 fully saturated rings. The van der Waals surface area contributed by atoms with Crippen LogP contribution in [0.1, 0.15) is 42.7 Å². The minimum absolute atomic E-state index is 0.0722. The van der Waals surface area contributed by atoms with Gasteiger partial charge in [0.2, 0.25) is 0 Å². The van der Waals surface area contributed by atoms with E-state index in [0.717, 1.165) is 25.2 Å². The molecule has 1 aliphatic rings. The van der Waals surface area contributed by atoms with Gasteiger partial charge in [-0.2, -0.15) is 0 Å². The van der Waals surface area contributed by atoms with Crippen molar-refractivity contribution < 1.29 is 4.79 Å². The molecule has 0 saturated heterocycles. The van der Waals surface area contributed by atoms with Crippen LogP contribution in [0.15, 0.2) is 12.1 Å². The second-order valence-corrected chi connectivity index (χ2v) is 5.02. The van der Waals surface area contributed by atoms with Gasteiger partial charge in [-0.1, -0.05) is 6.92 Å². The van der Waals surface area contributed by atoms with Crippen LogP contribution in [-0.2, 0) is 6.42 Å². The molecule has 1 aromatic rings. The van der Waals surface area contributed by atoms with E-state index in [0.29, 0.717) is 17.3 Å². The molecule has 0 radical (unpaired) electrons. The zero-order valence-corrected chi connectivity index (χ0v) is 11.6. The molecule has 2 rings (SSSR count). The number of nitrogens with one attached hydrogen (secondary N) is 1. The van der Waals surface area contributed by atoms with Gasteiger partial charge in [0.05, 0.1) is 0 Å². The highest BCUT2D eigenvalue weighted by Crippen LogP contribution is 2.30. The second-order valence-electron chi connectivity index (χ2n) is 5.02. The van der Waals surface area contributed by atoms with Gasteiger partial charge in [0.15, 0.2) is 0 Å². The molecule has 19 heavy (non-hydrogen) atoms.